The molecule has 0 spiro atoms. The molecule has 5 rings (SSSR count). The van der Waals surface area contributed by atoms with E-state index in [-0.39, 0.29) is 5.91 Å². The molecule has 1 aliphatic rings. The summed E-state index contributed by atoms with van der Waals surface area (Å²) in [4.78, 5) is 26.4. The number of fused-ring (bicyclic) bond motifs is 2. The van der Waals surface area contributed by atoms with Crippen LogP contribution in [0, 0.1) is 0 Å². The lowest BCUT2D eigenvalue weighted by atomic mass is 10.1. The number of aromatic amines is 1. The SMILES string of the molecule is CN(C)C(=O)c1cnn2ccc(-c3c[nH]c4nc(C5CC5)ncc34)cc12. The highest BCUT2D eigenvalue weighted by Gasteiger charge is 2.27. The summed E-state index contributed by atoms with van der Waals surface area (Å²) in [6.45, 7) is 0. The van der Waals surface area contributed by atoms with E-state index in [1.54, 1.807) is 29.7 Å². The number of amides is 1. The van der Waals surface area contributed by atoms with Crippen LogP contribution in [0.4, 0.5) is 0 Å². The third-order valence-electron chi connectivity index (χ3n) is 4.86. The first kappa shape index (κ1) is 15.1. The Morgan fingerprint density at radius 2 is 2.15 bits per heavy atom. The lowest BCUT2D eigenvalue weighted by Gasteiger charge is -2.09. The molecule has 1 N–H and O–H groups in total. The maximum absolute atomic E-state index is 12.4. The van der Waals surface area contributed by atoms with Crippen molar-refractivity contribution in [3.63, 3.8) is 0 Å². The van der Waals surface area contributed by atoms with Crippen LogP contribution in [0.1, 0.15) is 34.9 Å². The average molecular weight is 346 g/mol. The lowest BCUT2D eigenvalue weighted by molar-refractivity contribution is 0.0829. The zero-order valence-electron chi connectivity index (χ0n) is 14.6. The topological polar surface area (TPSA) is 79.2 Å². The molecule has 1 fully saturated rings. The van der Waals surface area contributed by atoms with E-state index in [1.807, 2.05) is 30.7 Å². The number of carbonyl (C=O) groups is 1. The highest BCUT2D eigenvalue weighted by molar-refractivity contribution is 6.01. The number of nitrogens with one attached hydrogen (secondary N) is 1. The molecule has 4 aromatic rings. The molecule has 1 aliphatic carbocycles. The number of rotatable bonds is 3. The van der Waals surface area contributed by atoms with Crippen molar-refractivity contribution >= 4 is 22.5 Å². The highest BCUT2D eigenvalue weighted by Crippen LogP contribution is 2.39. The van der Waals surface area contributed by atoms with Crippen LogP contribution < -0.4 is 0 Å². The summed E-state index contributed by atoms with van der Waals surface area (Å²) in [5, 5.41) is 5.27. The molecule has 0 aliphatic heterocycles. The van der Waals surface area contributed by atoms with E-state index in [0.717, 1.165) is 33.5 Å². The molecule has 4 heterocycles. The van der Waals surface area contributed by atoms with Crippen LogP contribution in [0.2, 0.25) is 0 Å². The predicted octanol–water partition coefficient (Wildman–Crippen LogP) is 2.85. The van der Waals surface area contributed by atoms with Crippen molar-refractivity contribution in [2.75, 3.05) is 14.1 Å². The lowest BCUT2D eigenvalue weighted by Crippen LogP contribution is -2.21. The van der Waals surface area contributed by atoms with Gasteiger partial charge in [-0.3, -0.25) is 4.79 Å². The Hall–Kier alpha value is -3.22. The molecule has 26 heavy (non-hydrogen) atoms. The molecule has 7 heteroatoms. The summed E-state index contributed by atoms with van der Waals surface area (Å²) in [5.41, 5.74) is 4.25. The number of nitrogens with zero attached hydrogens (tertiary/aromatic N) is 5. The van der Waals surface area contributed by atoms with Gasteiger partial charge in [0.1, 0.15) is 11.5 Å². The van der Waals surface area contributed by atoms with Gasteiger partial charge in [-0.15, -0.1) is 0 Å². The van der Waals surface area contributed by atoms with E-state index in [9.17, 15) is 4.79 Å². The fourth-order valence-corrected chi connectivity index (χ4v) is 3.25. The van der Waals surface area contributed by atoms with Gasteiger partial charge in [-0.1, -0.05) is 0 Å². The van der Waals surface area contributed by atoms with Gasteiger partial charge >= 0.3 is 0 Å². The second kappa shape index (κ2) is 5.39. The molecule has 0 unspecified atom stereocenters. The Balaban J connectivity index is 1.63. The highest BCUT2D eigenvalue weighted by atomic mass is 16.2. The minimum atomic E-state index is -0.0616. The Labute approximate surface area is 149 Å². The Morgan fingerprint density at radius 1 is 1.31 bits per heavy atom. The molecular weight excluding hydrogens is 328 g/mol. The first-order valence-corrected chi connectivity index (χ1v) is 8.65. The van der Waals surface area contributed by atoms with Crippen LogP contribution >= 0.6 is 0 Å². The number of H-pyrrole nitrogens is 1. The number of hydrogen-bond acceptors (Lipinski definition) is 4. The van der Waals surface area contributed by atoms with Gasteiger partial charge < -0.3 is 9.88 Å². The van der Waals surface area contributed by atoms with Gasteiger partial charge in [0.15, 0.2) is 0 Å². The maximum atomic E-state index is 12.4. The molecule has 0 aromatic carbocycles. The van der Waals surface area contributed by atoms with Crippen molar-refractivity contribution in [1.29, 1.82) is 0 Å². The van der Waals surface area contributed by atoms with Gasteiger partial charge in [-0.2, -0.15) is 5.10 Å². The summed E-state index contributed by atoms with van der Waals surface area (Å²) in [6, 6.07) is 3.97. The smallest absolute Gasteiger partial charge is 0.257 e. The molecule has 4 aromatic heterocycles. The van der Waals surface area contributed by atoms with Crippen LogP contribution in [0.15, 0.2) is 36.9 Å². The third kappa shape index (κ3) is 2.28. The van der Waals surface area contributed by atoms with Crippen molar-refractivity contribution in [2.24, 2.45) is 0 Å². The quantitative estimate of drug-likeness (QED) is 0.619. The fourth-order valence-electron chi connectivity index (χ4n) is 3.25. The second-order valence-electron chi connectivity index (χ2n) is 6.97. The minimum Gasteiger partial charge on any atom is -0.345 e. The zero-order chi connectivity index (χ0) is 17.8. The molecule has 130 valence electrons. The first-order chi connectivity index (χ1) is 12.6. The molecule has 0 atom stereocenters. The molecule has 1 saturated carbocycles. The summed E-state index contributed by atoms with van der Waals surface area (Å²) in [7, 11) is 3.48. The molecule has 0 saturated heterocycles. The van der Waals surface area contributed by atoms with Gasteiger partial charge in [-0.25, -0.2) is 14.5 Å². The van der Waals surface area contributed by atoms with Gasteiger partial charge in [-0.05, 0) is 30.5 Å². The Kier molecular flexibility index (Phi) is 3.12. The summed E-state index contributed by atoms with van der Waals surface area (Å²) in [5.74, 6) is 1.39. The molecule has 7 nitrogen and oxygen atoms in total. The summed E-state index contributed by atoms with van der Waals surface area (Å²) < 4.78 is 1.72. The number of pyridine rings is 1. The van der Waals surface area contributed by atoms with Gasteiger partial charge in [0.05, 0.1) is 17.3 Å². The van der Waals surface area contributed by atoms with Gasteiger partial charge in [0.2, 0.25) is 0 Å². The van der Waals surface area contributed by atoms with E-state index in [0.29, 0.717) is 11.5 Å². The number of hydrogen-bond donors (Lipinski definition) is 1. The van der Waals surface area contributed by atoms with Gasteiger partial charge in [0.25, 0.3) is 5.91 Å². The third-order valence-corrected chi connectivity index (χ3v) is 4.86. The second-order valence-corrected chi connectivity index (χ2v) is 6.97. The van der Waals surface area contributed by atoms with Gasteiger partial charge in [0, 0.05) is 49.6 Å². The average Bonchev–Trinajstić information content (AvgIpc) is 3.28. The fraction of sp³-hybridized carbons (Fsp3) is 0.263. The summed E-state index contributed by atoms with van der Waals surface area (Å²) >= 11 is 0. The molecular formula is C19H18N6O. The largest absolute Gasteiger partial charge is 0.345 e. The van der Waals surface area contributed by atoms with Crippen molar-refractivity contribution in [3.05, 3.63) is 48.3 Å². The Morgan fingerprint density at radius 3 is 2.92 bits per heavy atom. The predicted molar refractivity (Wildman–Crippen MR) is 98.1 cm³/mol. The van der Waals surface area contributed by atoms with E-state index >= 15 is 0 Å². The standard InChI is InChI=1S/C19H18N6O/c1-24(2)19(26)15-10-22-25-6-5-12(7-16(15)25)13-8-21-18-14(13)9-20-17(23-18)11-3-4-11/h5-11H,3-4H2,1-2H3,(H,20,21,23). The molecule has 0 bridgehead atoms. The summed E-state index contributed by atoms with van der Waals surface area (Å²) in [6.07, 6.45) is 9.69. The maximum Gasteiger partial charge on any atom is 0.257 e. The van der Waals surface area contributed by atoms with E-state index in [2.05, 4.69) is 20.1 Å². The first-order valence-electron chi connectivity index (χ1n) is 8.65. The van der Waals surface area contributed by atoms with E-state index in [4.69, 9.17) is 0 Å². The monoisotopic (exact) mass is 346 g/mol. The van der Waals surface area contributed by atoms with Crippen LogP contribution in [0.25, 0.3) is 27.7 Å². The normalized spacial score (nSPS) is 14.2. The van der Waals surface area contributed by atoms with Crippen molar-refractivity contribution in [2.45, 2.75) is 18.8 Å². The molecule has 0 radical (unpaired) electrons. The number of carbonyl (C=O) groups excluding carboxylic acids is 1. The van der Waals surface area contributed by atoms with Crippen LogP contribution in [0.5, 0.6) is 0 Å². The zero-order valence-corrected chi connectivity index (χ0v) is 14.6. The van der Waals surface area contributed by atoms with Crippen LogP contribution in [0.3, 0.4) is 0 Å². The number of aromatic nitrogens is 5. The van der Waals surface area contributed by atoms with Crippen molar-refractivity contribution < 1.29 is 4.79 Å². The van der Waals surface area contributed by atoms with Crippen molar-refractivity contribution in [1.82, 2.24) is 29.5 Å². The van der Waals surface area contributed by atoms with Crippen LogP contribution in [-0.2, 0) is 0 Å². The van der Waals surface area contributed by atoms with E-state index in [1.165, 1.54) is 12.8 Å². The molecule has 1 amide bonds. The Bertz CT molecular complexity index is 1150. The minimum absolute atomic E-state index is 0.0616. The van der Waals surface area contributed by atoms with Crippen LogP contribution in [-0.4, -0.2) is 49.5 Å². The van der Waals surface area contributed by atoms with E-state index < -0.39 is 0 Å². The van der Waals surface area contributed by atoms with Crippen molar-refractivity contribution in [3.8, 4) is 11.1 Å².